The van der Waals surface area contributed by atoms with Gasteiger partial charge in [-0.15, -0.1) is 0 Å². The van der Waals surface area contributed by atoms with E-state index in [0.717, 1.165) is 55.6 Å². The molecule has 0 aromatic heterocycles. The molecule has 0 fully saturated rings. The van der Waals surface area contributed by atoms with Crippen molar-refractivity contribution in [3.05, 3.63) is 23.8 Å². The summed E-state index contributed by atoms with van der Waals surface area (Å²) >= 11 is 0. The van der Waals surface area contributed by atoms with E-state index >= 15 is 0 Å². The van der Waals surface area contributed by atoms with E-state index in [2.05, 4.69) is 22.5 Å². The lowest BCUT2D eigenvalue weighted by Gasteiger charge is -2.14. The van der Waals surface area contributed by atoms with Gasteiger partial charge in [0.05, 0.1) is 13.7 Å². The molecule has 24 heavy (non-hydrogen) atoms. The van der Waals surface area contributed by atoms with Crippen molar-refractivity contribution in [1.82, 2.24) is 10.6 Å². The molecule has 1 rings (SSSR count). The van der Waals surface area contributed by atoms with Crippen molar-refractivity contribution in [3.8, 4) is 11.5 Å². The van der Waals surface area contributed by atoms with Gasteiger partial charge in [-0.3, -0.25) is 4.99 Å². The molecule has 0 aliphatic heterocycles. The van der Waals surface area contributed by atoms with E-state index in [4.69, 9.17) is 14.2 Å². The summed E-state index contributed by atoms with van der Waals surface area (Å²) in [7, 11) is 3.42. The monoisotopic (exact) mass is 337 g/mol. The molecule has 1 aromatic carbocycles. The van der Waals surface area contributed by atoms with Crippen molar-refractivity contribution in [2.24, 2.45) is 4.99 Å². The Labute approximate surface area is 145 Å². The van der Waals surface area contributed by atoms with Crippen LogP contribution in [0.3, 0.4) is 0 Å². The van der Waals surface area contributed by atoms with Crippen LogP contribution >= 0.6 is 0 Å². The second kappa shape index (κ2) is 12.5. The summed E-state index contributed by atoms with van der Waals surface area (Å²) in [5.41, 5.74) is 1.10. The SMILES string of the molecule is CCCOc1ccc(CNC(=NC)NCCCOCC)cc1OC. The molecule has 2 N–H and O–H groups in total. The molecule has 1 aromatic rings. The highest BCUT2D eigenvalue weighted by Gasteiger charge is 2.06. The van der Waals surface area contributed by atoms with E-state index in [0.29, 0.717) is 13.2 Å². The first-order chi connectivity index (χ1) is 11.7. The first-order valence-electron chi connectivity index (χ1n) is 8.57. The molecule has 0 saturated carbocycles. The van der Waals surface area contributed by atoms with Crippen LogP contribution in [0.2, 0.25) is 0 Å². The Kier molecular flexibility index (Phi) is 10.4. The highest BCUT2D eigenvalue weighted by molar-refractivity contribution is 5.79. The van der Waals surface area contributed by atoms with Gasteiger partial charge in [-0.05, 0) is 37.5 Å². The van der Waals surface area contributed by atoms with E-state index < -0.39 is 0 Å². The summed E-state index contributed by atoms with van der Waals surface area (Å²) in [6.45, 7) is 7.77. The number of nitrogens with one attached hydrogen (secondary N) is 2. The number of ether oxygens (including phenoxy) is 3. The van der Waals surface area contributed by atoms with Gasteiger partial charge in [-0.25, -0.2) is 0 Å². The summed E-state index contributed by atoms with van der Waals surface area (Å²) in [4.78, 5) is 4.22. The van der Waals surface area contributed by atoms with E-state index in [1.807, 2.05) is 25.1 Å². The quantitative estimate of drug-likeness (QED) is 0.369. The maximum Gasteiger partial charge on any atom is 0.191 e. The van der Waals surface area contributed by atoms with Crippen LogP contribution in [0.15, 0.2) is 23.2 Å². The molecule has 0 unspecified atom stereocenters. The van der Waals surface area contributed by atoms with Gasteiger partial charge < -0.3 is 24.8 Å². The molecule has 6 heteroatoms. The summed E-state index contributed by atoms with van der Waals surface area (Å²) in [5.74, 6) is 2.31. The van der Waals surface area contributed by atoms with Crippen molar-refractivity contribution >= 4 is 5.96 Å². The fourth-order valence-corrected chi connectivity index (χ4v) is 2.08. The zero-order valence-corrected chi connectivity index (χ0v) is 15.4. The van der Waals surface area contributed by atoms with Crippen LogP contribution in [-0.4, -0.2) is 46.5 Å². The topological polar surface area (TPSA) is 64.1 Å². The van der Waals surface area contributed by atoms with Gasteiger partial charge in [0.15, 0.2) is 17.5 Å². The maximum absolute atomic E-state index is 5.67. The van der Waals surface area contributed by atoms with Gasteiger partial charge in [0.2, 0.25) is 0 Å². The molecule has 136 valence electrons. The van der Waals surface area contributed by atoms with Crippen LogP contribution in [-0.2, 0) is 11.3 Å². The molecule has 0 saturated heterocycles. The lowest BCUT2D eigenvalue weighted by atomic mass is 10.2. The number of guanidine groups is 1. The third-order valence-electron chi connectivity index (χ3n) is 3.34. The Morgan fingerprint density at radius 1 is 1.12 bits per heavy atom. The van der Waals surface area contributed by atoms with E-state index in [1.165, 1.54) is 0 Å². The molecular weight excluding hydrogens is 306 g/mol. The smallest absolute Gasteiger partial charge is 0.191 e. The van der Waals surface area contributed by atoms with Crippen LogP contribution in [0.1, 0.15) is 32.3 Å². The molecule has 0 bridgehead atoms. The third-order valence-corrected chi connectivity index (χ3v) is 3.34. The predicted molar refractivity (Wildman–Crippen MR) is 98.1 cm³/mol. The van der Waals surface area contributed by atoms with Crippen LogP contribution in [0, 0.1) is 0 Å². The Bertz CT molecular complexity index is 492. The first-order valence-corrected chi connectivity index (χ1v) is 8.57. The number of nitrogens with zero attached hydrogens (tertiary/aromatic N) is 1. The molecule has 0 spiro atoms. The Morgan fingerprint density at radius 3 is 2.62 bits per heavy atom. The van der Waals surface area contributed by atoms with Gasteiger partial charge >= 0.3 is 0 Å². The zero-order chi connectivity index (χ0) is 17.6. The highest BCUT2D eigenvalue weighted by Crippen LogP contribution is 2.28. The van der Waals surface area contributed by atoms with Gasteiger partial charge in [0.1, 0.15) is 0 Å². The average Bonchev–Trinajstić information content (AvgIpc) is 2.62. The number of benzene rings is 1. The van der Waals surface area contributed by atoms with Crippen LogP contribution in [0.25, 0.3) is 0 Å². The number of aliphatic imine (C=N–C) groups is 1. The summed E-state index contributed by atoms with van der Waals surface area (Å²) in [6.07, 6.45) is 1.92. The highest BCUT2D eigenvalue weighted by atomic mass is 16.5. The fourth-order valence-electron chi connectivity index (χ4n) is 2.08. The molecule has 0 heterocycles. The van der Waals surface area contributed by atoms with Crippen LogP contribution in [0.4, 0.5) is 0 Å². The minimum atomic E-state index is 0.662. The van der Waals surface area contributed by atoms with E-state index in [-0.39, 0.29) is 0 Å². The third kappa shape index (κ3) is 7.55. The van der Waals surface area contributed by atoms with Crippen LogP contribution in [0.5, 0.6) is 11.5 Å². The molecule has 0 aliphatic rings. The van der Waals surface area contributed by atoms with Crippen molar-refractivity contribution in [1.29, 1.82) is 0 Å². The first kappa shape index (κ1) is 20.1. The second-order valence-corrected chi connectivity index (χ2v) is 5.24. The lowest BCUT2D eigenvalue weighted by molar-refractivity contribution is 0.145. The standard InChI is InChI=1S/C18H31N3O3/c1-5-11-24-16-9-8-15(13-17(16)22-4)14-21-18(19-3)20-10-7-12-23-6-2/h8-9,13H,5-7,10-12,14H2,1-4H3,(H2,19,20,21). The largest absolute Gasteiger partial charge is 0.493 e. The number of rotatable bonds is 11. The zero-order valence-electron chi connectivity index (χ0n) is 15.4. The minimum absolute atomic E-state index is 0.662. The Hall–Kier alpha value is -1.95. The molecule has 6 nitrogen and oxygen atoms in total. The maximum atomic E-state index is 5.67. The summed E-state index contributed by atoms with van der Waals surface area (Å²) < 4.78 is 16.4. The normalized spacial score (nSPS) is 11.2. The van der Waals surface area contributed by atoms with Crippen molar-refractivity contribution in [2.75, 3.05) is 40.5 Å². The lowest BCUT2D eigenvalue weighted by Crippen LogP contribution is -2.37. The van der Waals surface area contributed by atoms with Gasteiger partial charge in [0.25, 0.3) is 0 Å². The molecule has 0 radical (unpaired) electrons. The number of hydrogen-bond acceptors (Lipinski definition) is 4. The van der Waals surface area contributed by atoms with Gasteiger partial charge in [-0.2, -0.15) is 0 Å². The molecule has 0 amide bonds. The Balaban J connectivity index is 2.47. The van der Waals surface area contributed by atoms with Crippen molar-refractivity contribution in [2.45, 2.75) is 33.2 Å². The van der Waals surface area contributed by atoms with Crippen LogP contribution < -0.4 is 20.1 Å². The van der Waals surface area contributed by atoms with E-state index in [1.54, 1.807) is 14.2 Å². The molecular formula is C18H31N3O3. The molecule has 0 aliphatic carbocycles. The molecule has 0 atom stereocenters. The summed E-state index contributed by atoms with van der Waals surface area (Å²) in [6, 6.07) is 5.97. The van der Waals surface area contributed by atoms with Crippen molar-refractivity contribution < 1.29 is 14.2 Å². The average molecular weight is 337 g/mol. The van der Waals surface area contributed by atoms with Gasteiger partial charge in [-0.1, -0.05) is 13.0 Å². The number of methoxy groups -OCH3 is 1. The van der Waals surface area contributed by atoms with Gasteiger partial charge in [0, 0.05) is 33.4 Å². The van der Waals surface area contributed by atoms with Crippen molar-refractivity contribution in [3.63, 3.8) is 0 Å². The number of hydrogen-bond donors (Lipinski definition) is 2. The minimum Gasteiger partial charge on any atom is -0.493 e. The summed E-state index contributed by atoms with van der Waals surface area (Å²) in [5, 5.41) is 6.56. The Morgan fingerprint density at radius 2 is 1.96 bits per heavy atom. The predicted octanol–water partition coefficient (Wildman–Crippen LogP) is 2.58. The second-order valence-electron chi connectivity index (χ2n) is 5.24. The fraction of sp³-hybridized carbons (Fsp3) is 0.611. The van der Waals surface area contributed by atoms with E-state index in [9.17, 15) is 0 Å².